The summed E-state index contributed by atoms with van der Waals surface area (Å²) in [4.78, 5) is 7.00. The molecule has 0 amide bonds. The number of hydrogen-bond acceptors (Lipinski definition) is 4. The fourth-order valence-electron chi connectivity index (χ4n) is 3.29. The monoisotopic (exact) mass is 291 g/mol. The number of nitrogens with two attached hydrogens (primary N) is 1. The maximum absolute atomic E-state index is 6.16. The van der Waals surface area contributed by atoms with E-state index in [0.29, 0.717) is 12.6 Å². The molecule has 1 aromatic heterocycles. The predicted molar refractivity (Wildman–Crippen MR) is 86.1 cm³/mol. The van der Waals surface area contributed by atoms with Crippen molar-refractivity contribution < 1.29 is 4.74 Å². The van der Waals surface area contributed by atoms with E-state index < -0.39 is 0 Å². The van der Waals surface area contributed by atoms with E-state index in [-0.39, 0.29) is 5.54 Å². The van der Waals surface area contributed by atoms with Crippen molar-refractivity contribution in [1.82, 2.24) is 9.88 Å². The molecule has 1 saturated heterocycles. The second-order valence-electron chi connectivity index (χ2n) is 6.29. The first-order chi connectivity index (χ1) is 10.1. The summed E-state index contributed by atoms with van der Waals surface area (Å²) < 4.78 is 5.90. The highest BCUT2D eigenvalue weighted by atomic mass is 16.5. The molecule has 118 valence electrons. The topological polar surface area (TPSA) is 51.4 Å². The molecular formula is C17H29N3O. The molecule has 1 aromatic rings. The molecule has 0 spiro atoms. The second kappa shape index (κ2) is 7.34. The van der Waals surface area contributed by atoms with Crippen LogP contribution in [-0.2, 0) is 11.3 Å². The summed E-state index contributed by atoms with van der Waals surface area (Å²) in [6.45, 7) is 6.58. The molecule has 0 aromatic carbocycles. The van der Waals surface area contributed by atoms with Crippen molar-refractivity contribution in [3.05, 3.63) is 29.6 Å². The fraction of sp³-hybridized carbons (Fsp3) is 0.706. The van der Waals surface area contributed by atoms with Gasteiger partial charge < -0.3 is 10.5 Å². The van der Waals surface area contributed by atoms with Crippen LogP contribution in [0.4, 0.5) is 0 Å². The van der Waals surface area contributed by atoms with E-state index in [4.69, 9.17) is 10.5 Å². The largest absolute Gasteiger partial charge is 0.378 e. The van der Waals surface area contributed by atoms with Crippen LogP contribution in [0.3, 0.4) is 0 Å². The lowest BCUT2D eigenvalue weighted by atomic mass is 9.83. The summed E-state index contributed by atoms with van der Waals surface area (Å²) in [6.07, 6.45) is 4.67. The van der Waals surface area contributed by atoms with Crippen molar-refractivity contribution in [3.8, 4) is 0 Å². The Balaban J connectivity index is 2.08. The van der Waals surface area contributed by atoms with Gasteiger partial charge >= 0.3 is 0 Å². The molecule has 21 heavy (non-hydrogen) atoms. The molecule has 2 heterocycles. The van der Waals surface area contributed by atoms with Crippen LogP contribution in [0.5, 0.6) is 0 Å². The number of pyridine rings is 1. The third-order valence-corrected chi connectivity index (χ3v) is 4.67. The minimum Gasteiger partial charge on any atom is -0.378 e. The summed E-state index contributed by atoms with van der Waals surface area (Å²) in [5.41, 5.74) is 8.39. The Labute approximate surface area is 128 Å². The van der Waals surface area contributed by atoms with E-state index in [1.54, 1.807) is 0 Å². The summed E-state index contributed by atoms with van der Waals surface area (Å²) in [5.74, 6) is 0. The zero-order valence-corrected chi connectivity index (χ0v) is 13.6. The predicted octanol–water partition coefficient (Wildman–Crippen LogP) is 2.50. The van der Waals surface area contributed by atoms with Crippen LogP contribution >= 0.6 is 0 Å². The van der Waals surface area contributed by atoms with Gasteiger partial charge in [0.15, 0.2) is 0 Å². The van der Waals surface area contributed by atoms with Crippen LogP contribution in [0.25, 0.3) is 0 Å². The third kappa shape index (κ3) is 4.02. The second-order valence-corrected chi connectivity index (χ2v) is 6.29. The minimum absolute atomic E-state index is 0.0452. The summed E-state index contributed by atoms with van der Waals surface area (Å²) in [6, 6.07) is 6.20. The molecular weight excluding hydrogens is 262 g/mol. The van der Waals surface area contributed by atoms with Crippen molar-refractivity contribution in [2.24, 2.45) is 5.73 Å². The first-order valence-corrected chi connectivity index (χ1v) is 8.05. The Bertz CT molecular complexity index is 449. The smallest absolute Gasteiger partial charge is 0.0593 e. The van der Waals surface area contributed by atoms with E-state index in [1.807, 2.05) is 13.0 Å². The zero-order valence-electron chi connectivity index (χ0n) is 13.6. The average molecular weight is 291 g/mol. The number of rotatable bonds is 6. The highest BCUT2D eigenvalue weighted by molar-refractivity contribution is 5.10. The van der Waals surface area contributed by atoms with E-state index in [0.717, 1.165) is 50.2 Å². The lowest BCUT2D eigenvalue weighted by Crippen LogP contribution is -2.56. The maximum Gasteiger partial charge on any atom is 0.0593 e. The molecule has 2 rings (SSSR count). The number of hydrogen-bond donors (Lipinski definition) is 1. The van der Waals surface area contributed by atoms with Crippen molar-refractivity contribution >= 4 is 0 Å². The number of likely N-dealkylation sites (N-methyl/N-ethyl adjacent to an activating group) is 1. The van der Waals surface area contributed by atoms with Crippen molar-refractivity contribution in [3.63, 3.8) is 0 Å². The zero-order chi connectivity index (χ0) is 15.3. The van der Waals surface area contributed by atoms with Gasteiger partial charge in [-0.1, -0.05) is 19.4 Å². The van der Waals surface area contributed by atoms with Crippen molar-refractivity contribution in [1.29, 1.82) is 0 Å². The summed E-state index contributed by atoms with van der Waals surface area (Å²) in [7, 11) is 2.17. The van der Waals surface area contributed by atoms with Crippen LogP contribution < -0.4 is 5.73 Å². The molecule has 4 nitrogen and oxygen atoms in total. The Morgan fingerprint density at radius 1 is 1.48 bits per heavy atom. The quantitative estimate of drug-likeness (QED) is 0.875. The van der Waals surface area contributed by atoms with Crippen molar-refractivity contribution in [2.45, 2.75) is 57.7 Å². The maximum atomic E-state index is 6.16. The Morgan fingerprint density at radius 3 is 2.95 bits per heavy atom. The fourth-order valence-corrected chi connectivity index (χ4v) is 3.29. The van der Waals surface area contributed by atoms with Gasteiger partial charge in [0.05, 0.1) is 11.8 Å². The lowest BCUT2D eigenvalue weighted by molar-refractivity contribution is -0.0693. The molecule has 0 aliphatic carbocycles. The lowest BCUT2D eigenvalue weighted by Gasteiger charge is -2.46. The van der Waals surface area contributed by atoms with Crippen LogP contribution in [-0.4, -0.2) is 41.7 Å². The molecule has 2 N–H and O–H groups in total. The minimum atomic E-state index is 0.0452. The first-order valence-electron chi connectivity index (χ1n) is 8.05. The molecule has 0 bridgehead atoms. The molecule has 1 fully saturated rings. The van der Waals surface area contributed by atoms with Gasteiger partial charge in [0.2, 0.25) is 0 Å². The van der Waals surface area contributed by atoms with E-state index in [9.17, 15) is 0 Å². The van der Waals surface area contributed by atoms with Crippen LogP contribution in [0, 0.1) is 6.92 Å². The van der Waals surface area contributed by atoms with Gasteiger partial charge in [0, 0.05) is 30.9 Å². The van der Waals surface area contributed by atoms with Gasteiger partial charge in [0.25, 0.3) is 0 Å². The van der Waals surface area contributed by atoms with Crippen LogP contribution in [0.15, 0.2) is 18.2 Å². The first kappa shape index (κ1) is 16.4. The third-order valence-electron chi connectivity index (χ3n) is 4.67. The van der Waals surface area contributed by atoms with Gasteiger partial charge in [-0.2, -0.15) is 0 Å². The van der Waals surface area contributed by atoms with Gasteiger partial charge in [-0.05, 0) is 45.4 Å². The van der Waals surface area contributed by atoms with E-state index in [2.05, 4.69) is 36.0 Å². The van der Waals surface area contributed by atoms with Crippen molar-refractivity contribution in [2.75, 3.05) is 20.2 Å². The number of nitrogens with zero attached hydrogens (tertiary/aromatic N) is 2. The molecule has 2 atom stereocenters. The molecule has 0 radical (unpaired) electrons. The van der Waals surface area contributed by atoms with Gasteiger partial charge in [-0.15, -0.1) is 0 Å². The number of aromatic nitrogens is 1. The molecule has 4 heteroatoms. The molecule has 2 unspecified atom stereocenters. The molecule has 0 saturated carbocycles. The highest BCUT2D eigenvalue weighted by Gasteiger charge is 2.39. The number of aryl methyl sites for hydroxylation is 1. The SMILES string of the molecule is CCCC1CC(CN)(N(C)Cc2cccc(C)n2)CCO1. The van der Waals surface area contributed by atoms with Crippen LogP contribution in [0.2, 0.25) is 0 Å². The normalized spacial score (nSPS) is 26.2. The van der Waals surface area contributed by atoms with E-state index in [1.165, 1.54) is 0 Å². The summed E-state index contributed by atoms with van der Waals surface area (Å²) >= 11 is 0. The van der Waals surface area contributed by atoms with Crippen LogP contribution in [0.1, 0.15) is 44.0 Å². The Hall–Kier alpha value is -0.970. The Kier molecular flexibility index (Phi) is 5.73. The highest BCUT2D eigenvalue weighted by Crippen LogP contribution is 2.32. The standard InChI is InChI=1S/C17H29N3O/c1-4-6-16-11-17(13-18,9-10-21-16)20(3)12-15-8-5-7-14(2)19-15/h5,7-8,16H,4,6,9-13,18H2,1-3H3. The van der Waals surface area contributed by atoms with Gasteiger partial charge in [-0.3, -0.25) is 9.88 Å². The average Bonchev–Trinajstić information content (AvgIpc) is 2.47. The molecule has 1 aliphatic rings. The Morgan fingerprint density at radius 2 is 2.29 bits per heavy atom. The van der Waals surface area contributed by atoms with Gasteiger partial charge in [0.1, 0.15) is 0 Å². The number of ether oxygens (including phenoxy) is 1. The van der Waals surface area contributed by atoms with E-state index >= 15 is 0 Å². The van der Waals surface area contributed by atoms with Gasteiger partial charge in [-0.25, -0.2) is 0 Å². The summed E-state index contributed by atoms with van der Waals surface area (Å²) in [5, 5.41) is 0. The molecule has 1 aliphatic heterocycles.